The zero-order valence-electron chi connectivity index (χ0n) is 7.26. The first-order valence-corrected chi connectivity index (χ1v) is 4.41. The molecule has 1 aromatic rings. The van der Waals surface area contributed by atoms with Gasteiger partial charge in [-0.25, -0.2) is 4.39 Å². The van der Waals surface area contributed by atoms with Gasteiger partial charge in [-0.2, -0.15) is 0 Å². The number of nitrogen functional groups attached to an aromatic ring is 1. The molecule has 1 fully saturated rings. The van der Waals surface area contributed by atoms with E-state index in [1.54, 1.807) is 0 Å². The first-order chi connectivity index (χ1) is 6.29. The Labute approximate surface area is 76.2 Å². The van der Waals surface area contributed by atoms with Crippen LogP contribution in [0.3, 0.4) is 0 Å². The number of anilines is 1. The fourth-order valence-electron chi connectivity index (χ4n) is 1.76. The topological polar surface area (TPSA) is 50.9 Å². The summed E-state index contributed by atoms with van der Waals surface area (Å²) in [5, 5.41) is 3.21. The van der Waals surface area contributed by atoms with Crippen LogP contribution in [0.4, 0.5) is 10.1 Å². The Morgan fingerprint density at radius 2 is 2.38 bits per heavy atom. The minimum atomic E-state index is -0.306. The summed E-state index contributed by atoms with van der Waals surface area (Å²) in [5.41, 5.74) is 6.68. The number of hydrogen-bond donors (Lipinski definition) is 2. The second-order valence-electron chi connectivity index (χ2n) is 3.27. The molecule has 0 unspecified atom stereocenters. The average molecular weight is 181 g/mol. The molecule has 1 saturated heterocycles. The minimum Gasteiger partial charge on any atom is -0.397 e. The molecule has 1 atom stereocenters. The molecule has 0 saturated carbocycles. The van der Waals surface area contributed by atoms with Crippen LogP contribution in [-0.4, -0.2) is 11.5 Å². The Morgan fingerprint density at radius 3 is 3.00 bits per heavy atom. The van der Waals surface area contributed by atoms with Crippen molar-refractivity contribution in [3.05, 3.63) is 23.8 Å². The molecule has 0 amide bonds. The van der Waals surface area contributed by atoms with Gasteiger partial charge >= 0.3 is 0 Å². The van der Waals surface area contributed by atoms with Crippen molar-refractivity contribution in [1.82, 2.24) is 10.3 Å². The molecule has 0 bridgehead atoms. The summed E-state index contributed by atoms with van der Waals surface area (Å²) in [6.07, 6.45) is 4.74. The summed E-state index contributed by atoms with van der Waals surface area (Å²) >= 11 is 0. The van der Waals surface area contributed by atoms with Gasteiger partial charge in [0.2, 0.25) is 0 Å². The quantitative estimate of drug-likeness (QED) is 0.685. The molecule has 70 valence electrons. The van der Waals surface area contributed by atoms with Crippen LogP contribution in [0.5, 0.6) is 0 Å². The van der Waals surface area contributed by atoms with Crippen LogP contribution >= 0.6 is 0 Å². The lowest BCUT2D eigenvalue weighted by Gasteiger charge is -2.13. The third-order valence-electron chi connectivity index (χ3n) is 2.38. The molecular weight excluding hydrogens is 169 g/mol. The molecule has 0 aliphatic carbocycles. The predicted octanol–water partition coefficient (Wildman–Crippen LogP) is 1.23. The Balaban J connectivity index is 2.37. The maximum absolute atomic E-state index is 13.3. The van der Waals surface area contributed by atoms with E-state index in [1.165, 1.54) is 12.4 Å². The number of pyridine rings is 1. The van der Waals surface area contributed by atoms with Gasteiger partial charge in [-0.15, -0.1) is 0 Å². The zero-order chi connectivity index (χ0) is 9.26. The molecule has 1 aliphatic rings. The number of nitrogens with zero attached hydrogens (tertiary/aromatic N) is 1. The van der Waals surface area contributed by atoms with E-state index in [2.05, 4.69) is 10.3 Å². The summed E-state index contributed by atoms with van der Waals surface area (Å²) in [6, 6.07) is 0.0722. The second-order valence-corrected chi connectivity index (χ2v) is 3.27. The highest BCUT2D eigenvalue weighted by molar-refractivity contribution is 5.46. The van der Waals surface area contributed by atoms with Crippen molar-refractivity contribution in [2.45, 2.75) is 18.9 Å². The van der Waals surface area contributed by atoms with Crippen molar-refractivity contribution in [1.29, 1.82) is 0 Å². The third-order valence-corrected chi connectivity index (χ3v) is 2.38. The number of halogens is 1. The molecule has 2 rings (SSSR count). The van der Waals surface area contributed by atoms with E-state index < -0.39 is 0 Å². The monoisotopic (exact) mass is 181 g/mol. The maximum Gasteiger partial charge on any atom is 0.148 e. The second kappa shape index (κ2) is 3.30. The van der Waals surface area contributed by atoms with Gasteiger partial charge in [0.15, 0.2) is 0 Å². The summed E-state index contributed by atoms with van der Waals surface area (Å²) < 4.78 is 13.3. The smallest absolute Gasteiger partial charge is 0.148 e. The highest BCUT2D eigenvalue weighted by atomic mass is 19.1. The lowest BCUT2D eigenvalue weighted by atomic mass is 10.0. The van der Waals surface area contributed by atoms with Crippen LogP contribution in [0.15, 0.2) is 12.4 Å². The normalized spacial score (nSPS) is 22.1. The third kappa shape index (κ3) is 1.49. The number of hydrogen-bond acceptors (Lipinski definition) is 3. The van der Waals surface area contributed by atoms with Gasteiger partial charge < -0.3 is 11.1 Å². The Hall–Kier alpha value is -1.16. The average Bonchev–Trinajstić information content (AvgIpc) is 2.57. The minimum absolute atomic E-state index is 0.0722. The SMILES string of the molecule is Nc1cncc(F)c1[C@H]1CCCN1. The number of nitrogens with one attached hydrogen (secondary N) is 1. The molecule has 1 aromatic heterocycles. The van der Waals surface area contributed by atoms with Gasteiger partial charge in [0.1, 0.15) is 5.82 Å². The van der Waals surface area contributed by atoms with Crippen LogP contribution in [0.25, 0.3) is 0 Å². The Morgan fingerprint density at radius 1 is 1.54 bits per heavy atom. The molecule has 3 N–H and O–H groups in total. The van der Waals surface area contributed by atoms with Crippen molar-refractivity contribution >= 4 is 5.69 Å². The van der Waals surface area contributed by atoms with Gasteiger partial charge in [-0.05, 0) is 19.4 Å². The summed E-state index contributed by atoms with van der Waals surface area (Å²) in [5.74, 6) is -0.306. The van der Waals surface area contributed by atoms with E-state index in [0.717, 1.165) is 19.4 Å². The lowest BCUT2D eigenvalue weighted by molar-refractivity contribution is 0.556. The molecule has 2 heterocycles. The summed E-state index contributed by atoms with van der Waals surface area (Å²) in [7, 11) is 0. The van der Waals surface area contributed by atoms with E-state index in [0.29, 0.717) is 11.3 Å². The van der Waals surface area contributed by atoms with Crippen LogP contribution < -0.4 is 11.1 Å². The largest absolute Gasteiger partial charge is 0.397 e. The molecule has 0 aromatic carbocycles. The number of rotatable bonds is 1. The lowest BCUT2D eigenvalue weighted by Crippen LogP contribution is -2.16. The molecule has 4 heteroatoms. The number of nitrogens with two attached hydrogens (primary N) is 1. The van der Waals surface area contributed by atoms with E-state index in [4.69, 9.17) is 5.73 Å². The molecule has 3 nitrogen and oxygen atoms in total. The highest BCUT2D eigenvalue weighted by Crippen LogP contribution is 2.28. The standard InChI is InChI=1S/C9H12FN3/c10-6-4-12-5-7(11)9(6)8-2-1-3-13-8/h4-5,8,13H,1-3,11H2/t8-/m1/s1. The molecule has 13 heavy (non-hydrogen) atoms. The van der Waals surface area contributed by atoms with Gasteiger partial charge in [0.25, 0.3) is 0 Å². The van der Waals surface area contributed by atoms with Crippen LogP contribution in [0.2, 0.25) is 0 Å². The first kappa shape index (κ1) is 8.44. The molecule has 0 spiro atoms. The first-order valence-electron chi connectivity index (χ1n) is 4.41. The Bertz CT molecular complexity index is 287. The maximum atomic E-state index is 13.3. The number of aromatic nitrogens is 1. The van der Waals surface area contributed by atoms with Crippen molar-refractivity contribution in [3.63, 3.8) is 0 Å². The van der Waals surface area contributed by atoms with Gasteiger partial charge in [-0.1, -0.05) is 0 Å². The predicted molar refractivity (Wildman–Crippen MR) is 48.6 cm³/mol. The molecule has 1 aliphatic heterocycles. The Kier molecular flexibility index (Phi) is 2.14. The van der Waals surface area contributed by atoms with Crippen molar-refractivity contribution < 1.29 is 4.39 Å². The van der Waals surface area contributed by atoms with Crippen LogP contribution in [0.1, 0.15) is 24.4 Å². The molecular formula is C9H12FN3. The fourth-order valence-corrected chi connectivity index (χ4v) is 1.76. The van der Waals surface area contributed by atoms with Crippen molar-refractivity contribution in [2.75, 3.05) is 12.3 Å². The van der Waals surface area contributed by atoms with E-state index in [1.807, 2.05) is 0 Å². The summed E-state index contributed by atoms with van der Waals surface area (Å²) in [4.78, 5) is 3.69. The highest BCUT2D eigenvalue weighted by Gasteiger charge is 2.21. The van der Waals surface area contributed by atoms with Crippen LogP contribution in [-0.2, 0) is 0 Å². The summed E-state index contributed by atoms with van der Waals surface area (Å²) in [6.45, 7) is 0.936. The zero-order valence-corrected chi connectivity index (χ0v) is 7.26. The van der Waals surface area contributed by atoms with E-state index in [9.17, 15) is 4.39 Å². The molecule has 0 radical (unpaired) electrons. The van der Waals surface area contributed by atoms with Crippen LogP contribution in [0, 0.1) is 5.82 Å². The van der Waals surface area contributed by atoms with Gasteiger partial charge in [-0.3, -0.25) is 4.98 Å². The van der Waals surface area contributed by atoms with Gasteiger partial charge in [0.05, 0.1) is 18.1 Å². The van der Waals surface area contributed by atoms with E-state index >= 15 is 0 Å². The van der Waals surface area contributed by atoms with E-state index in [-0.39, 0.29) is 11.9 Å². The van der Waals surface area contributed by atoms with Crippen molar-refractivity contribution in [3.8, 4) is 0 Å². The van der Waals surface area contributed by atoms with Gasteiger partial charge in [0, 0.05) is 11.6 Å². The fraction of sp³-hybridized carbons (Fsp3) is 0.444. The van der Waals surface area contributed by atoms with Crippen molar-refractivity contribution in [2.24, 2.45) is 0 Å².